The van der Waals surface area contributed by atoms with Crippen molar-refractivity contribution in [1.82, 2.24) is 15.0 Å². The summed E-state index contributed by atoms with van der Waals surface area (Å²) >= 11 is 0. The quantitative estimate of drug-likeness (QED) is 0.745. The van der Waals surface area contributed by atoms with Gasteiger partial charge in [0.2, 0.25) is 11.8 Å². The molecule has 1 saturated heterocycles. The van der Waals surface area contributed by atoms with E-state index in [1.165, 1.54) is 31.5 Å². The molecule has 0 amide bonds. The average Bonchev–Trinajstić information content (AvgIpc) is 2.71. The van der Waals surface area contributed by atoms with Gasteiger partial charge in [-0.05, 0) is 37.8 Å². The summed E-state index contributed by atoms with van der Waals surface area (Å²) in [6, 6.07) is 2.93. The first-order valence-corrected chi connectivity index (χ1v) is 9.78. The molecule has 0 atom stereocenters. The van der Waals surface area contributed by atoms with Crippen LogP contribution in [0.3, 0.4) is 0 Å². The molecule has 3 heterocycles. The summed E-state index contributed by atoms with van der Waals surface area (Å²) in [4.78, 5) is 14.8. The van der Waals surface area contributed by atoms with Gasteiger partial charge in [-0.2, -0.15) is 9.37 Å². The van der Waals surface area contributed by atoms with Crippen LogP contribution >= 0.6 is 0 Å². The van der Waals surface area contributed by atoms with Gasteiger partial charge < -0.3 is 14.4 Å². The van der Waals surface area contributed by atoms with E-state index < -0.39 is 5.95 Å². The molecule has 1 aliphatic heterocycles. The molecule has 0 N–H and O–H groups in total. The van der Waals surface area contributed by atoms with E-state index in [0.29, 0.717) is 11.6 Å². The smallest absolute Gasteiger partial charge is 0.234 e. The summed E-state index contributed by atoms with van der Waals surface area (Å²) in [5.41, 5.74) is 0. The maximum absolute atomic E-state index is 12.9. The number of rotatable bonds is 5. The van der Waals surface area contributed by atoms with Crippen molar-refractivity contribution in [3.05, 3.63) is 36.7 Å². The lowest BCUT2D eigenvalue weighted by molar-refractivity contribution is 0.148. The molecule has 0 bridgehead atoms. The Balaban J connectivity index is 1.31. The van der Waals surface area contributed by atoms with E-state index in [-0.39, 0.29) is 12.2 Å². The molecule has 0 spiro atoms. The minimum absolute atomic E-state index is 0.100. The number of aromatic nitrogens is 3. The Hall–Kier alpha value is -2.44. The van der Waals surface area contributed by atoms with Crippen molar-refractivity contribution in [2.45, 2.75) is 57.2 Å². The molecule has 2 aromatic heterocycles. The number of nitrogens with zero attached hydrogens (tertiary/aromatic N) is 4. The lowest BCUT2D eigenvalue weighted by atomic mass is 9.98. The average molecular weight is 372 g/mol. The van der Waals surface area contributed by atoms with Crippen LogP contribution in [0.5, 0.6) is 11.6 Å². The highest BCUT2D eigenvalue weighted by Crippen LogP contribution is 2.25. The molecule has 0 aromatic carbocycles. The molecular weight excluding hydrogens is 347 g/mol. The van der Waals surface area contributed by atoms with Crippen LogP contribution in [0.4, 0.5) is 10.2 Å². The van der Waals surface area contributed by atoms with Gasteiger partial charge in [0, 0.05) is 25.9 Å². The van der Waals surface area contributed by atoms with Gasteiger partial charge >= 0.3 is 0 Å². The predicted molar refractivity (Wildman–Crippen MR) is 99.6 cm³/mol. The van der Waals surface area contributed by atoms with Crippen LogP contribution in [0.25, 0.3) is 0 Å². The first-order valence-electron chi connectivity index (χ1n) is 9.78. The van der Waals surface area contributed by atoms with Crippen LogP contribution in [-0.4, -0.2) is 40.2 Å². The van der Waals surface area contributed by atoms with Gasteiger partial charge in [-0.1, -0.05) is 6.42 Å². The van der Waals surface area contributed by atoms with Crippen LogP contribution in [0.15, 0.2) is 30.7 Å². The van der Waals surface area contributed by atoms with E-state index in [4.69, 9.17) is 9.47 Å². The Morgan fingerprint density at radius 1 is 0.889 bits per heavy atom. The van der Waals surface area contributed by atoms with E-state index in [1.807, 2.05) is 0 Å². The van der Waals surface area contributed by atoms with Gasteiger partial charge in [0.05, 0.1) is 18.6 Å². The monoisotopic (exact) mass is 372 g/mol. The first-order chi connectivity index (χ1) is 13.3. The van der Waals surface area contributed by atoms with Gasteiger partial charge in [-0.3, -0.25) is 4.98 Å². The third kappa shape index (κ3) is 4.84. The van der Waals surface area contributed by atoms with E-state index >= 15 is 0 Å². The second-order valence-corrected chi connectivity index (χ2v) is 7.21. The summed E-state index contributed by atoms with van der Waals surface area (Å²) in [5, 5.41) is 0. The van der Waals surface area contributed by atoms with E-state index in [0.717, 1.165) is 44.6 Å². The van der Waals surface area contributed by atoms with Crippen LogP contribution in [0.2, 0.25) is 0 Å². The molecule has 0 unspecified atom stereocenters. The molecule has 144 valence electrons. The second kappa shape index (κ2) is 8.50. The molecule has 27 heavy (non-hydrogen) atoms. The predicted octanol–water partition coefficient (Wildman–Crippen LogP) is 3.77. The number of halogens is 1. The van der Waals surface area contributed by atoms with Crippen molar-refractivity contribution in [3.63, 3.8) is 0 Å². The van der Waals surface area contributed by atoms with E-state index in [2.05, 4.69) is 19.9 Å². The van der Waals surface area contributed by atoms with Gasteiger partial charge in [0.1, 0.15) is 18.0 Å². The summed E-state index contributed by atoms with van der Waals surface area (Å²) in [6.07, 6.45) is 13.0. The molecule has 4 rings (SSSR count). The largest absolute Gasteiger partial charge is 0.489 e. The Bertz CT molecular complexity index is 729. The van der Waals surface area contributed by atoms with Gasteiger partial charge in [0.15, 0.2) is 5.82 Å². The Kier molecular flexibility index (Phi) is 5.65. The fraction of sp³-hybridized carbons (Fsp3) is 0.550. The fourth-order valence-corrected chi connectivity index (χ4v) is 3.73. The summed E-state index contributed by atoms with van der Waals surface area (Å²) in [5.74, 6) is 1.59. The summed E-state index contributed by atoms with van der Waals surface area (Å²) < 4.78 is 24.8. The standard InChI is InChI=1S/C20H25FN4O2/c21-18-7-6-17(12-23-18)26-16-8-10-25(11-9-16)19-13-22-14-20(24-19)27-15-4-2-1-3-5-15/h6-7,12-16H,1-5,8-11H2. The molecule has 2 aromatic rings. The number of piperidine rings is 1. The zero-order valence-electron chi connectivity index (χ0n) is 15.4. The third-order valence-electron chi connectivity index (χ3n) is 5.21. The van der Waals surface area contributed by atoms with Crippen molar-refractivity contribution in [3.8, 4) is 11.6 Å². The van der Waals surface area contributed by atoms with E-state index in [9.17, 15) is 4.39 Å². The second-order valence-electron chi connectivity index (χ2n) is 7.21. The maximum Gasteiger partial charge on any atom is 0.234 e. The summed E-state index contributed by atoms with van der Waals surface area (Å²) in [7, 11) is 0. The van der Waals surface area contributed by atoms with Crippen molar-refractivity contribution in [1.29, 1.82) is 0 Å². The zero-order chi connectivity index (χ0) is 18.5. The molecule has 1 aliphatic carbocycles. The van der Waals surface area contributed by atoms with Crippen LogP contribution < -0.4 is 14.4 Å². The number of anilines is 1. The SMILES string of the molecule is Fc1ccc(OC2CCN(c3cncc(OC4CCCCC4)n3)CC2)cn1. The minimum Gasteiger partial charge on any atom is -0.489 e. The minimum atomic E-state index is -0.494. The number of ether oxygens (including phenoxy) is 2. The molecule has 0 radical (unpaired) electrons. The number of hydrogen-bond donors (Lipinski definition) is 0. The molecule has 6 nitrogen and oxygen atoms in total. The van der Waals surface area contributed by atoms with Gasteiger partial charge in [-0.25, -0.2) is 4.98 Å². The van der Waals surface area contributed by atoms with Crippen LogP contribution in [0, 0.1) is 5.95 Å². The van der Waals surface area contributed by atoms with Crippen molar-refractivity contribution in [2.75, 3.05) is 18.0 Å². The highest BCUT2D eigenvalue weighted by Gasteiger charge is 2.23. The first kappa shape index (κ1) is 17.9. The normalized spacial score (nSPS) is 19.1. The number of pyridine rings is 1. The Morgan fingerprint density at radius 2 is 1.67 bits per heavy atom. The van der Waals surface area contributed by atoms with Gasteiger partial charge in [-0.15, -0.1) is 0 Å². The molecule has 1 saturated carbocycles. The van der Waals surface area contributed by atoms with Crippen molar-refractivity contribution >= 4 is 5.82 Å². The van der Waals surface area contributed by atoms with Crippen LogP contribution in [-0.2, 0) is 0 Å². The zero-order valence-corrected chi connectivity index (χ0v) is 15.4. The highest BCUT2D eigenvalue weighted by molar-refractivity contribution is 5.38. The Labute approximate surface area is 158 Å². The summed E-state index contributed by atoms with van der Waals surface area (Å²) in [6.45, 7) is 1.67. The lowest BCUT2D eigenvalue weighted by Gasteiger charge is -2.32. The fourth-order valence-electron chi connectivity index (χ4n) is 3.73. The number of hydrogen-bond acceptors (Lipinski definition) is 6. The third-order valence-corrected chi connectivity index (χ3v) is 5.21. The molecule has 2 fully saturated rings. The topological polar surface area (TPSA) is 60.4 Å². The maximum atomic E-state index is 12.9. The van der Waals surface area contributed by atoms with Crippen molar-refractivity contribution < 1.29 is 13.9 Å². The van der Waals surface area contributed by atoms with Gasteiger partial charge in [0.25, 0.3) is 0 Å². The Morgan fingerprint density at radius 3 is 2.41 bits per heavy atom. The molecular formula is C20H25FN4O2. The highest BCUT2D eigenvalue weighted by atomic mass is 19.1. The van der Waals surface area contributed by atoms with Crippen molar-refractivity contribution in [2.24, 2.45) is 0 Å². The lowest BCUT2D eigenvalue weighted by Crippen LogP contribution is -2.38. The molecule has 2 aliphatic rings. The van der Waals surface area contributed by atoms with E-state index in [1.54, 1.807) is 18.5 Å². The van der Waals surface area contributed by atoms with Crippen LogP contribution in [0.1, 0.15) is 44.9 Å². The molecule has 7 heteroatoms.